The van der Waals surface area contributed by atoms with Gasteiger partial charge in [-0.3, -0.25) is 4.90 Å². The predicted octanol–water partition coefficient (Wildman–Crippen LogP) is 1.52. The second kappa shape index (κ2) is 9.02. The Hall–Kier alpha value is -2.09. The number of nitrogens with two attached hydrogens (primary N) is 1. The number of hydrogen-bond donors (Lipinski definition) is 1. The molecule has 2 atom stereocenters. The van der Waals surface area contributed by atoms with Gasteiger partial charge in [0.05, 0.1) is 26.1 Å². The van der Waals surface area contributed by atoms with Gasteiger partial charge in [0.15, 0.2) is 11.5 Å². The Bertz CT molecular complexity index is 677. The van der Waals surface area contributed by atoms with Crippen LogP contribution in [-0.2, 0) is 17.8 Å². The molecule has 2 heterocycles. The molecule has 1 saturated heterocycles. The van der Waals surface area contributed by atoms with Crippen molar-refractivity contribution in [1.82, 2.24) is 14.5 Å². The summed E-state index contributed by atoms with van der Waals surface area (Å²) in [6, 6.07) is 6.12. The van der Waals surface area contributed by atoms with Gasteiger partial charge in [-0.2, -0.15) is 0 Å². The lowest BCUT2D eigenvalue weighted by molar-refractivity contribution is 0.0137. The number of nitrogens with zero attached hydrogens (tertiary/aromatic N) is 3. The lowest BCUT2D eigenvalue weighted by Gasteiger charge is -2.36. The largest absolute Gasteiger partial charge is 0.493 e. The van der Waals surface area contributed by atoms with E-state index in [1.807, 2.05) is 22.9 Å². The number of ether oxygens (including phenoxy) is 3. The summed E-state index contributed by atoms with van der Waals surface area (Å²) in [5.74, 6) is 1.56. The van der Waals surface area contributed by atoms with Crippen molar-refractivity contribution in [3.8, 4) is 11.5 Å². The lowest BCUT2D eigenvalue weighted by Crippen LogP contribution is -2.51. The summed E-state index contributed by atoms with van der Waals surface area (Å²) in [6.45, 7) is 3.84. The summed E-state index contributed by atoms with van der Waals surface area (Å²) < 4.78 is 19.1. The van der Waals surface area contributed by atoms with E-state index >= 15 is 0 Å². The van der Waals surface area contributed by atoms with Crippen molar-refractivity contribution in [2.24, 2.45) is 5.73 Å². The average Bonchev–Trinajstić information content (AvgIpc) is 3.17. The van der Waals surface area contributed by atoms with Crippen LogP contribution < -0.4 is 15.2 Å². The Labute approximate surface area is 154 Å². The third kappa shape index (κ3) is 4.55. The first kappa shape index (κ1) is 18.7. The van der Waals surface area contributed by atoms with Crippen molar-refractivity contribution in [3.63, 3.8) is 0 Å². The predicted molar refractivity (Wildman–Crippen MR) is 99.4 cm³/mol. The first-order valence-corrected chi connectivity index (χ1v) is 8.96. The molecule has 1 aliphatic rings. The van der Waals surface area contributed by atoms with E-state index in [1.165, 1.54) is 0 Å². The molecule has 7 nitrogen and oxygen atoms in total. The molecule has 1 aliphatic heterocycles. The van der Waals surface area contributed by atoms with Crippen LogP contribution in [0.25, 0.3) is 0 Å². The molecule has 1 aromatic heterocycles. The molecule has 2 N–H and O–H groups in total. The van der Waals surface area contributed by atoms with Crippen LogP contribution in [0.4, 0.5) is 0 Å². The first-order valence-electron chi connectivity index (χ1n) is 8.96. The number of para-hydroxylation sites is 1. The summed E-state index contributed by atoms with van der Waals surface area (Å²) in [4.78, 5) is 6.41. The molecule has 3 rings (SSSR count). The van der Waals surface area contributed by atoms with Gasteiger partial charge >= 0.3 is 0 Å². The van der Waals surface area contributed by atoms with Gasteiger partial charge in [0.25, 0.3) is 0 Å². The van der Waals surface area contributed by atoms with E-state index in [2.05, 4.69) is 16.0 Å². The van der Waals surface area contributed by atoms with Crippen LogP contribution in [0.15, 0.2) is 36.9 Å². The number of hydrogen-bond acceptors (Lipinski definition) is 6. The molecule has 0 radical (unpaired) electrons. The van der Waals surface area contributed by atoms with Crippen LogP contribution in [0.5, 0.6) is 11.5 Å². The normalized spacial score (nSPS) is 20.9. The van der Waals surface area contributed by atoms with Crippen molar-refractivity contribution >= 4 is 0 Å². The van der Waals surface area contributed by atoms with Crippen molar-refractivity contribution < 1.29 is 14.2 Å². The first-order chi connectivity index (χ1) is 12.7. The minimum atomic E-state index is 0.0694. The monoisotopic (exact) mass is 360 g/mol. The van der Waals surface area contributed by atoms with Crippen molar-refractivity contribution in [3.05, 3.63) is 42.5 Å². The molecular formula is C19H28N4O3. The van der Waals surface area contributed by atoms with Gasteiger partial charge in [-0.1, -0.05) is 12.1 Å². The number of methoxy groups -OCH3 is 2. The van der Waals surface area contributed by atoms with Gasteiger partial charge in [0, 0.05) is 50.7 Å². The van der Waals surface area contributed by atoms with Gasteiger partial charge in [0.1, 0.15) is 6.61 Å². The van der Waals surface area contributed by atoms with Gasteiger partial charge in [-0.25, -0.2) is 4.98 Å². The van der Waals surface area contributed by atoms with Crippen LogP contribution in [0, 0.1) is 0 Å². The topological polar surface area (TPSA) is 74.8 Å². The molecule has 0 bridgehead atoms. The van der Waals surface area contributed by atoms with Crippen LogP contribution in [-0.4, -0.2) is 60.5 Å². The standard InChI is InChI=1S/C19H28N4O3/c1-24-17-5-3-4-15(12-23-8-6-16(20)18(13-23)25-2)19(17)26-11-10-22-9-7-21-14-22/h3-5,7,9,14,16,18H,6,8,10-13,20H2,1-2H3/t16-,18+/m1/s1. The summed E-state index contributed by atoms with van der Waals surface area (Å²) in [7, 11) is 3.40. The lowest BCUT2D eigenvalue weighted by atomic mass is 10.0. The SMILES string of the molecule is COc1cccc(CN2CC[C@@H](N)[C@@H](OC)C2)c1OCCn1ccnc1. The third-order valence-electron chi connectivity index (χ3n) is 4.83. The van der Waals surface area contributed by atoms with Gasteiger partial charge in [0.2, 0.25) is 0 Å². The minimum Gasteiger partial charge on any atom is -0.493 e. The van der Waals surface area contributed by atoms with Gasteiger partial charge < -0.3 is 24.5 Å². The third-order valence-corrected chi connectivity index (χ3v) is 4.83. The summed E-state index contributed by atoms with van der Waals surface area (Å²) >= 11 is 0. The average molecular weight is 360 g/mol. The number of benzene rings is 1. The quantitative estimate of drug-likeness (QED) is 0.769. The molecule has 26 heavy (non-hydrogen) atoms. The number of piperidine rings is 1. The molecule has 0 saturated carbocycles. The molecular weight excluding hydrogens is 332 g/mol. The highest BCUT2D eigenvalue weighted by molar-refractivity contribution is 5.46. The fourth-order valence-corrected chi connectivity index (χ4v) is 3.32. The molecule has 7 heteroatoms. The van der Waals surface area contributed by atoms with Crippen LogP contribution in [0.1, 0.15) is 12.0 Å². The molecule has 1 fully saturated rings. The molecule has 0 unspecified atom stereocenters. The number of imidazole rings is 1. The fraction of sp³-hybridized carbons (Fsp3) is 0.526. The highest BCUT2D eigenvalue weighted by atomic mass is 16.5. The summed E-state index contributed by atoms with van der Waals surface area (Å²) in [5, 5.41) is 0. The van der Waals surface area contributed by atoms with E-state index in [0.717, 1.165) is 49.7 Å². The smallest absolute Gasteiger partial charge is 0.165 e. The van der Waals surface area contributed by atoms with E-state index in [0.29, 0.717) is 6.61 Å². The van der Waals surface area contributed by atoms with E-state index < -0.39 is 0 Å². The number of likely N-dealkylation sites (tertiary alicyclic amines) is 1. The van der Waals surface area contributed by atoms with E-state index in [9.17, 15) is 0 Å². The second-order valence-electron chi connectivity index (χ2n) is 6.56. The second-order valence-corrected chi connectivity index (χ2v) is 6.56. The van der Waals surface area contributed by atoms with Crippen LogP contribution >= 0.6 is 0 Å². The van der Waals surface area contributed by atoms with Gasteiger partial charge in [-0.15, -0.1) is 0 Å². The molecule has 0 spiro atoms. The Morgan fingerprint density at radius 1 is 1.31 bits per heavy atom. The maximum absolute atomic E-state index is 6.13. The van der Waals surface area contributed by atoms with E-state index in [-0.39, 0.29) is 12.1 Å². The molecule has 1 aromatic carbocycles. The van der Waals surface area contributed by atoms with E-state index in [1.54, 1.807) is 26.7 Å². The summed E-state index contributed by atoms with van der Waals surface area (Å²) in [6.07, 6.45) is 6.48. The Kier molecular flexibility index (Phi) is 6.49. The zero-order valence-corrected chi connectivity index (χ0v) is 15.5. The highest BCUT2D eigenvalue weighted by Crippen LogP contribution is 2.32. The maximum Gasteiger partial charge on any atom is 0.165 e. The molecule has 0 aliphatic carbocycles. The fourth-order valence-electron chi connectivity index (χ4n) is 3.32. The van der Waals surface area contributed by atoms with Gasteiger partial charge in [-0.05, 0) is 12.5 Å². The Balaban J connectivity index is 1.67. The Morgan fingerprint density at radius 2 is 2.19 bits per heavy atom. The Morgan fingerprint density at radius 3 is 2.92 bits per heavy atom. The molecule has 142 valence electrons. The maximum atomic E-state index is 6.13. The summed E-state index contributed by atoms with van der Waals surface area (Å²) in [5.41, 5.74) is 7.24. The van der Waals surface area contributed by atoms with E-state index in [4.69, 9.17) is 19.9 Å². The zero-order chi connectivity index (χ0) is 18.4. The van der Waals surface area contributed by atoms with Crippen molar-refractivity contribution in [2.75, 3.05) is 33.9 Å². The van der Waals surface area contributed by atoms with Crippen molar-refractivity contribution in [1.29, 1.82) is 0 Å². The molecule has 0 amide bonds. The van der Waals surface area contributed by atoms with Crippen LogP contribution in [0.3, 0.4) is 0 Å². The highest BCUT2D eigenvalue weighted by Gasteiger charge is 2.27. The minimum absolute atomic E-state index is 0.0694. The number of rotatable bonds is 8. The zero-order valence-electron chi connectivity index (χ0n) is 15.5. The van der Waals surface area contributed by atoms with Crippen molar-refractivity contribution in [2.45, 2.75) is 31.7 Å². The molecule has 2 aromatic rings. The van der Waals surface area contributed by atoms with Crippen LogP contribution in [0.2, 0.25) is 0 Å². The number of aromatic nitrogens is 2.